The lowest BCUT2D eigenvalue weighted by Gasteiger charge is -2.38. The van der Waals surface area contributed by atoms with Gasteiger partial charge in [-0.1, -0.05) is 62.2 Å². The van der Waals surface area contributed by atoms with Gasteiger partial charge < -0.3 is 25.3 Å². The minimum atomic E-state index is -1.71. The smallest absolute Gasteiger partial charge is 0.240 e. The molecule has 2 aliphatic heterocycles. The summed E-state index contributed by atoms with van der Waals surface area (Å²) in [5.41, 5.74) is -2.00. The van der Waals surface area contributed by atoms with E-state index in [2.05, 4.69) is 11.4 Å². The van der Waals surface area contributed by atoms with Crippen molar-refractivity contribution in [3.63, 3.8) is 0 Å². The van der Waals surface area contributed by atoms with Gasteiger partial charge in [0.1, 0.15) is 17.0 Å². The molecular formula is C34H42Cl2F2N4O4. The van der Waals surface area contributed by atoms with E-state index in [1.807, 2.05) is 20.8 Å². The summed E-state index contributed by atoms with van der Waals surface area (Å²) in [6.45, 7) is 6.46. The first-order valence-electron chi connectivity index (χ1n) is 15.6. The maximum Gasteiger partial charge on any atom is 0.240 e. The Labute approximate surface area is 279 Å². The van der Waals surface area contributed by atoms with Gasteiger partial charge in [-0.2, -0.15) is 5.26 Å². The van der Waals surface area contributed by atoms with Crippen molar-refractivity contribution in [2.24, 2.45) is 11.3 Å². The Morgan fingerprint density at radius 2 is 1.76 bits per heavy atom. The molecule has 2 amide bonds. The SMILES string of the molecule is CC(C)(C)C[C@@H]1N[C@@H](C(=O)N2CCC(CC(=O)N(CCO)CCO)CC2)[C@H](c2cccc(Cl)c2F)[C@@]1(C#N)c1ccc(Cl)cc1F. The van der Waals surface area contributed by atoms with Gasteiger partial charge in [-0.05, 0) is 54.4 Å². The molecule has 8 nitrogen and oxygen atoms in total. The van der Waals surface area contributed by atoms with Crippen molar-refractivity contribution >= 4 is 35.0 Å². The maximum atomic E-state index is 15.9. The van der Waals surface area contributed by atoms with Crippen molar-refractivity contribution in [3.8, 4) is 6.07 Å². The number of nitrogens with zero attached hydrogens (tertiary/aromatic N) is 3. The number of halogens is 4. The first kappa shape index (κ1) is 36.0. The van der Waals surface area contributed by atoms with Gasteiger partial charge in [0.25, 0.3) is 0 Å². The second-order valence-corrected chi connectivity index (χ2v) is 14.3. The van der Waals surface area contributed by atoms with E-state index in [1.165, 1.54) is 29.2 Å². The van der Waals surface area contributed by atoms with Crippen LogP contribution in [0, 0.1) is 34.3 Å². The Balaban J connectivity index is 1.72. The molecule has 0 aliphatic carbocycles. The standard InChI is InChI=1S/C34H42Cl2F2N4O4/c1-33(2,3)19-27-34(20-39,24-8-7-22(35)18-26(24)37)29(23-5-4-6-25(36)30(23)38)31(40-27)32(46)42-11-9-21(10-12-42)17-28(45)41(13-15-43)14-16-44/h4-8,18,21,27,29,31,40,43-44H,9-17,19H2,1-3H3/t27-,29-,31+,34-/m0/s1. The Morgan fingerprint density at radius 1 is 1.11 bits per heavy atom. The van der Waals surface area contributed by atoms with E-state index in [4.69, 9.17) is 23.2 Å². The molecule has 2 heterocycles. The van der Waals surface area contributed by atoms with Crippen LogP contribution in [-0.2, 0) is 15.0 Å². The fourth-order valence-corrected chi connectivity index (χ4v) is 7.42. The van der Waals surface area contributed by atoms with Gasteiger partial charge >= 0.3 is 0 Å². The largest absolute Gasteiger partial charge is 0.395 e. The number of piperidine rings is 1. The third-order valence-electron chi connectivity index (χ3n) is 9.20. The summed E-state index contributed by atoms with van der Waals surface area (Å²) >= 11 is 12.3. The van der Waals surface area contributed by atoms with Gasteiger partial charge in [0, 0.05) is 55.1 Å². The summed E-state index contributed by atoms with van der Waals surface area (Å²) < 4.78 is 31.8. The van der Waals surface area contributed by atoms with Crippen LogP contribution in [0.15, 0.2) is 36.4 Å². The van der Waals surface area contributed by atoms with Gasteiger partial charge in [0.2, 0.25) is 11.8 Å². The molecule has 0 unspecified atom stereocenters. The van der Waals surface area contributed by atoms with Gasteiger partial charge in [0.15, 0.2) is 0 Å². The van der Waals surface area contributed by atoms with Crippen LogP contribution in [0.1, 0.15) is 63.5 Å². The second-order valence-electron chi connectivity index (χ2n) is 13.5. The zero-order valence-corrected chi connectivity index (χ0v) is 27.9. The van der Waals surface area contributed by atoms with Crippen molar-refractivity contribution in [3.05, 3.63) is 69.2 Å². The molecule has 0 radical (unpaired) electrons. The highest BCUT2D eigenvalue weighted by Crippen LogP contribution is 2.53. The van der Waals surface area contributed by atoms with Crippen LogP contribution in [0.2, 0.25) is 10.0 Å². The van der Waals surface area contributed by atoms with E-state index < -0.39 is 35.1 Å². The highest BCUT2D eigenvalue weighted by atomic mass is 35.5. The Kier molecular flexibility index (Phi) is 11.7. The molecule has 250 valence electrons. The third kappa shape index (κ3) is 7.50. The van der Waals surface area contributed by atoms with E-state index >= 15 is 8.78 Å². The number of aliphatic hydroxyl groups excluding tert-OH is 2. The molecule has 2 aliphatic rings. The molecule has 0 bridgehead atoms. The molecule has 2 saturated heterocycles. The van der Waals surface area contributed by atoms with Crippen molar-refractivity contribution < 1.29 is 28.6 Å². The molecule has 4 rings (SSSR count). The zero-order chi connectivity index (χ0) is 33.8. The predicted molar refractivity (Wildman–Crippen MR) is 172 cm³/mol. The van der Waals surface area contributed by atoms with Gasteiger partial charge in [-0.25, -0.2) is 8.78 Å². The number of amides is 2. The summed E-state index contributed by atoms with van der Waals surface area (Å²) in [6, 6.07) is 9.03. The van der Waals surface area contributed by atoms with Gasteiger partial charge in [0.05, 0.1) is 30.3 Å². The van der Waals surface area contributed by atoms with Crippen LogP contribution in [0.5, 0.6) is 0 Å². The van der Waals surface area contributed by atoms with Crippen LogP contribution < -0.4 is 5.32 Å². The second kappa shape index (κ2) is 15.0. The number of likely N-dealkylation sites (tertiary alicyclic amines) is 1. The minimum absolute atomic E-state index is 0.0101. The summed E-state index contributed by atoms with van der Waals surface area (Å²) in [5, 5.41) is 33.0. The minimum Gasteiger partial charge on any atom is -0.395 e. The van der Waals surface area contributed by atoms with E-state index in [0.717, 1.165) is 6.07 Å². The molecule has 3 N–H and O–H groups in total. The monoisotopic (exact) mass is 678 g/mol. The number of carbonyl (C=O) groups is 2. The first-order valence-corrected chi connectivity index (χ1v) is 16.4. The summed E-state index contributed by atoms with van der Waals surface area (Å²) in [7, 11) is 0. The number of rotatable bonds is 10. The fraction of sp³-hybridized carbons (Fsp3) is 0.559. The topological polar surface area (TPSA) is 117 Å². The van der Waals surface area contributed by atoms with Crippen LogP contribution in [0.3, 0.4) is 0 Å². The Morgan fingerprint density at radius 3 is 2.33 bits per heavy atom. The quantitative estimate of drug-likeness (QED) is 0.325. The number of hydrogen-bond acceptors (Lipinski definition) is 6. The molecule has 4 atom stereocenters. The lowest BCUT2D eigenvalue weighted by Crippen LogP contribution is -2.50. The average molecular weight is 680 g/mol. The van der Waals surface area contributed by atoms with Crippen LogP contribution in [0.4, 0.5) is 8.78 Å². The molecule has 0 spiro atoms. The number of benzene rings is 2. The summed E-state index contributed by atoms with van der Waals surface area (Å²) in [4.78, 5) is 30.3. The van der Waals surface area contributed by atoms with Crippen LogP contribution in [0.25, 0.3) is 0 Å². The summed E-state index contributed by atoms with van der Waals surface area (Å²) in [5.74, 6) is -3.16. The van der Waals surface area contributed by atoms with Crippen molar-refractivity contribution in [2.75, 3.05) is 39.4 Å². The van der Waals surface area contributed by atoms with Crippen molar-refractivity contribution in [2.45, 2.75) is 69.9 Å². The lowest BCUT2D eigenvalue weighted by atomic mass is 9.62. The third-order valence-corrected chi connectivity index (χ3v) is 9.72. The fourth-order valence-electron chi connectivity index (χ4n) is 7.08. The van der Waals surface area contributed by atoms with Gasteiger partial charge in [-0.15, -0.1) is 0 Å². The number of aliphatic hydroxyl groups is 2. The molecule has 2 aromatic rings. The molecular weight excluding hydrogens is 637 g/mol. The van der Waals surface area contributed by atoms with E-state index in [-0.39, 0.29) is 77.0 Å². The van der Waals surface area contributed by atoms with Gasteiger partial charge in [-0.3, -0.25) is 9.59 Å². The van der Waals surface area contributed by atoms with E-state index in [9.17, 15) is 25.1 Å². The normalized spacial score (nSPS) is 23.7. The highest BCUT2D eigenvalue weighted by Gasteiger charge is 2.61. The number of nitriles is 1. The average Bonchev–Trinajstić information content (AvgIpc) is 3.31. The summed E-state index contributed by atoms with van der Waals surface area (Å²) in [6.07, 6.45) is 1.66. The number of nitrogens with one attached hydrogen (secondary N) is 1. The lowest BCUT2D eigenvalue weighted by molar-refractivity contribution is -0.136. The number of carbonyl (C=O) groups excluding carboxylic acids is 2. The zero-order valence-electron chi connectivity index (χ0n) is 26.4. The first-order chi connectivity index (χ1) is 21.8. The molecule has 2 fully saturated rings. The van der Waals surface area contributed by atoms with Crippen LogP contribution in [-0.4, -0.2) is 83.3 Å². The van der Waals surface area contributed by atoms with E-state index in [0.29, 0.717) is 32.4 Å². The predicted octanol–water partition coefficient (Wildman–Crippen LogP) is 5.04. The van der Waals surface area contributed by atoms with Crippen LogP contribution >= 0.6 is 23.2 Å². The Bertz CT molecular complexity index is 1450. The number of hydrogen-bond donors (Lipinski definition) is 3. The maximum absolute atomic E-state index is 15.9. The Hall–Kier alpha value is -2.81. The molecule has 12 heteroatoms. The van der Waals surface area contributed by atoms with Crippen molar-refractivity contribution in [1.82, 2.24) is 15.1 Å². The van der Waals surface area contributed by atoms with Crippen molar-refractivity contribution in [1.29, 1.82) is 5.26 Å². The van der Waals surface area contributed by atoms with E-state index in [1.54, 1.807) is 11.0 Å². The molecule has 2 aromatic carbocycles. The molecule has 46 heavy (non-hydrogen) atoms. The highest BCUT2D eigenvalue weighted by molar-refractivity contribution is 6.31. The molecule has 0 aromatic heterocycles. The molecule has 0 saturated carbocycles.